The number of allylic oxidation sites excluding steroid dienone is 2. The summed E-state index contributed by atoms with van der Waals surface area (Å²) in [6, 6.07) is 13.8. The van der Waals surface area contributed by atoms with Gasteiger partial charge in [0.25, 0.3) is 5.91 Å². The highest BCUT2D eigenvalue weighted by molar-refractivity contribution is 9.10. The number of benzene rings is 2. The van der Waals surface area contributed by atoms with E-state index < -0.39 is 11.6 Å². The molecule has 1 amide bonds. The van der Waals surface area contributed by atoms with Gasteiger partial charge in [0.2, 0.25) is 0 Å². The van der Waals surface area contributed by atoms with Gasteiger partial charge in [0.15, 0.2) is 6.23 Å². The van der Waals surface area contributed by atoms with Crippen molar-refractivity contribution < 1.29 is 13.9 Å². The Morgan fingerprint density at radius 3 is 2.45 bits per heavy atom. The predicted octanol–water partition coefficient (Wildman–Crippen LogP) is 5.06. The van der Waals surface area contributed by atoms with Gasteiger partial charge in [-0.15, -0.1) is 0 Å². The van der Waals surface area contributed by atoms with E-state index in [0.29, 0.717) is 17.0 Å². The number of nitrogens with zero attached hydrogens (tertiary/aromatic N) is 3. The Morgan fingerprint density at radius 1 is 1.12 bits per heavy atom. The van der Waals surface area contributed by atoms with Gasteiger partial charge in [-0.1, -0.05) is 15.9 Å². The van der Waals surface area contributed by atoms with Crippen LogP contribution in [0.1, 0.15) is 25.6 Å². The summed E-state index contributed by atoms with van der Waals surface area (Å²) < 4.78 is 22.3. The van der Waals surface area contributed by atoms with Crippen molar-refractivity contribution in [3.63, 3.8) is 0 Å². The zero-order valence-corrected chi connectivity index (χ0v) is 19.7. The fourth-order valence-corrected chi connectivity index (χ4v) is 4.42. The third kappa shape index (κ3) is 3.69. The second kappa shape index (κ2) is 7.97. The summed E-state index contributed by atoms with van der Waals surface area (Å²) in [5.74, 6) is -0.482. The summed E-state index contributed by atoms with van der Waals surface area (Å²) in [7, 11) is 0. The van der Waals surface area contributed by atoms with Crippen LogP contribution in [0.2, 0.25) is 0 Å². The Hall–Kier alpha value is -3.23. The molecule has 2 aromatic carbocycles. The Balaban J connectivity index is 1.63. The van der Waals surface area contributed by atoms with E-state index in [9.17, 15) is 9.18 Å². The lowest BCUT2D eigenvalue weighted by atomic mass is 9.88. The molecule has 1 aliphatic carbocycles. The lowest BCUT2D eigenvalue weighted by Gasteiger charge is -2.33. The highest BCUT2D eigenvalue weighted by Gasteiger charge is 2.44. The van der Waals surface area contributed by atoms with Gasteiger partial charge in [0.1, 0.15) is 18.1 Å². The van der Waals surface area contributed by atoms with Crippen molar-refractivity contribution in [3.8, 4) is 16.9 Å². The van der Waals surface area contributed by atoms with Gasteiger partial charge in [-0.05, 0) is 74.5 Å². The van der Waals surface area contributed by atoms with Crippen LogP contribution >= 0.6 is 15.9 Å². The average Bonchev–Trinajstić information content (AvgIpc) is 3.45. The van der Waals surface area contributed by atoms with E-state index in [0.717, 1.165) is 21.4 Å². The minimum absolute atomic E-state index is 0.0513. The van der Waals surface area contributed by atoms with Gasteiger partial charge >= 0.3 is 0 Å². The van der Waals surface area contributed by atoms with Gasteiger partial charge < -0.3 is 10.5 Å². The first-order chi connectivity index (χ1) is 15.8. The summed E-state index contributed by atoms with van der Waals surface area (Å²) >= 11 is 3.45. The van der Waals surface area contributed by atoms with Crippen LogP contribution in [0, 0.1) is 11.2 Å². The van der Waals surface area contributed by atoms with Crippen molar-refractivity contribution in [1.82, 2.24) is 14.7 Å². The SMILES string of the molecule is CC1(C)C(N)=CC=C1N1C(=O)COC1c1cn(-c2ccc(Br)cc2)nc1-c1ccc(F)cc1. The Kier molecular flexibility index (Phi) is 5.22. The molecule has 8 heteroatoms. The number of aromatic nitrogens is 2. The standard InChI is InChI=1S/C25H22BrFN4O2/c1-25(2)20(28)11-12-21(25)31-22(32)14-33-24(31)19-13-30(18-9-5-16(26)6-10-18)29-23(19)15-3-7-17(27)8-4-15/h3-13,24H,14,28H2,1-2H3. The highest BCUT2D eigenvalue weighted by Crippen LogP contribution is 2.45. The number of rotatable bonds is 4. The molecular weight excluding hydrogens is 487 g/mol. The van der Waals surface area contributed by atoms with Gasteiger partial charge in [-0.25, -0.2) is 9.07 Å². The molecule has 1 aliphatic heterocycles. The number of halogens is 2. The number of ether oxygens (including phenoxy) is 1. The molecule has 3 aromatic rings. The van der Waals surface area contributed by atoms with E-state index >= 15 is 0 Å². The van der Waals surface area contributed by atoms with E-state index in [1.165, 1.54) is 12.1 Å². The fourth-order valence-electron chi connectivity index (χ4n) is 4.16. The van der Waals surface area contributed by atoms with Crippen molar-refractivity contribution in [2.75, 3.05) is 6.61 Å². The second-order valence-corrected chi connectivity index (χ2v) is 9.50. The minimum atomic E-state index is -0.688. The number of amides is 1. The molecule has 2 aliphatic rings. The summed E-state index contributed by atoms with van der Waals surface area (Å²) in [6.45, 7) is 3.91. The summed E-state index contributed by atoms with van der Waals surface area (Å²) in [5.41, 5.74) is 10.0. The van der Waals surface area contributed by atoms with Gasteiger partial charge in [0, 0.05) is 38.6 Å². The molecule has 33 heavy (non-hydrogen) atoms. The van der Waals surface area contributed by atoms with Crippen LogP contribution in [0.15, 0.2) is 82.7 Å². The van der Waals surface area contributed by atoms with Crippen LogP contribution in [0.4, 0.5) is 4.39 Å². The molecule has 1 saturated heterocycles. The molecular formula is C25H22BrFN4O2. The molecule has 0 radical (unpaired) electrons. The molecule has 0 saturated carbocycles. The summed E-state index contributed by atoms with van der Waals surface area (Å²) in [6.07, 6.45) is 4.86. The molecule has 1 atom stereocenters. The molecule has 2 heterocycles. The average molecular weight is 509 g/mol. The third-order valence-electron chi connectivity index (χ3n) is 6.13. The molecule has 5 rings (SSSR count). The van der Waals surface area contributed by atoms with Crippen LogP contribution in [0.25, 0.3) is 16.9 Å². The molecule has 1 aromatic heterocycles. The topological polar surface area (TPSA) is 73.4 Å². The molecule has 1 fully saturated rings. The first-order valence-electron chi connectivity index (χ1n) is 10.5. The maximum atomic E-state index is 13.6. The van der Waals surface area contributed by atoms with Gasteiger partial charge in [-0.2, -0.15) is 5.10 Å². The zero-order chi connectivity index (χ0) is 23.3. The van der Waals surface area contributed by atoms with E-state index in [1.54, 1.807) is 21.7 Å². The Morgan fingerprint density at radius 2 is 1.82 bits per heavy atom. The monoisotopic (exact) mass is 508 g/mol. The summed E-state index contributed by atoms with van der Waals surface area (Å²) in [4.78, 5) is 14.6. The van der Waals surface area contributed by atoms with Crippen molar-refractivity contribution >= 4 is 21.8 Å². The molecule has 168 valence electrons. The van der Waals surface area contributed by atoms with E-state index in [1.807, 2.05) is 56.5 Å². The Labute approximate surface area is 199 Å². The van der Waals surface area contributed by atoms with Crippen LogP contribution < -0.4 is 5.73 Å². The van der Waals surface area contributed by atoms with Crippen LogP contribution in [0.5, 0.6) is 0 Å². The lowest BCUT2D eigenvalue weighted by Crippen LogP contribution is -2.36. The lowest BCUT2D eigenvalue weighted by molar-refractivity contribution is -0.126. The molecule has 1 unspecified atom stereocenters. The van der Waals surface area contributed by atoms with Crippen LogP contribution in [-0.4, -0.2) is 27.2 Å². The molecule has 2 N–H and O–H groups in total. The maximum absolute atomic E-state index is 13.6. The highest BCUT2D eigenvalue weighted by atomic mass is 79.9. The van der Waals surface area contributed by atoms with Crippen molar-refractivity contribution in [1.29, 1.82) is 0 Å². The van der Waals surface area contributed by atoms with E-state index in [2.05, 4.69) is 15.9 Å². The first kappa shape index (κ1) is 21.6. The van der Waals surface area contributed by atoms with E-state index in [-0.39, 0.29) is 18.3 Å². The van der Waals surface area contributed by atoms with E-state index in [4.69, 9.17) is 15.6 Å². The largest absolute Gasteiger partial charge is 0.401 e. The normalized spacial score (nSPS) is 19.7. The number of carbonyl (C=O) groups excluding carboxylic acids is 1. The van der Waals surface area contributed by atoms with Crippen molar-refractivity contribution in [2.24, 2.45) is 11.1 Å². The van der Waals surface area contributed by atoms with Crippen molar-refractivity contribution in [2.45, 2.75) is 20.1 Å². The van der Waals surface area contributed by atoms with Crippen LogP contribution in [-0.2, 0) is 9.53 Å². The minimum Gasteiger partial charge on any atom is -0.401 e. The number of carbonyl (C=O) groups is 1. The molecule has 0 spiro atoms. The van der Waals surface area contributed by atoms with Crippen LogP contribution in [0.3, 0.4) is 0 Å². The quantitative estimate of drug-likeness (QED) is 0.534. The number of hydrogen-bond acceptors (Lipinski definition) is 4. The van der Waals surface area contributed by atoms with Crippen molar-refractivity contribution in [3.05, 3.63) is 94.1 Å². The third-order valence-corrected chi connectivity index (χ3v) is 6.66. The number of hydrogen-bond donors (Lipinski definition) is 1. The summed E-state index contributed by atoms with van der Waals surface area (Å²) in [5, 5.41) is 4.80. The maximum Gasteiger partial charge on any atom is 0.255 e. The second-order valence-electron chi connectivity index (χ2n) is 8.59. The van der Waals surface area contributed by atoms with Gasteiger partial charge in [0.05, 0.1) is 5.69 Å². The fraction of sp³-hybridized carbons (Fsp3) is 0.200. The predicted molar refractivity (Wildman–Crippen MR) is 126 cm³/mol. The smallest absolute Gasteiger partial charge is 0.255 e. The number of nitrogens with two attached hydrogens (primary N) is 1. The Bertz CT molecular complexity index is 1290. The molecule has 6 nitrogen and oxygen atoms in total. The zero-order valence-electron chi connectivity index (χ0n) is 18.1. The van der Waals surface area contributed by atoms with Gasteiger partial charge in [-0.3, -0.25) is 9.69 Å². The first-order valence-corrected chi connectivity index (χ1v) is 11.3. The molecule has 0 bridgehead atoms.